The van der Waals surface area contributed by atoms with E-state index in [1.54, 1.807) is 0 Å². The molecular weight excluding hydrogens is 208 g/mol. The van der Waals surface area contributed by atoms with Gasteiger partial charge in [0.15, 0.2) is 0 Å². The molecule has 1 aromatic rings. The molecule has 1 fully saturated rings. The smallest absolute Gasteiger partial charge is 0.0364 e. The third-order valence-electron chi connectivity index (χ3n) is 3.87. The summed E-state index contributed by atoms with van der Waals surface area (Å²) in [5, 5.41) is 0. The molecule has 0 radical (unpaired) electrons. The SMILES string of the molecule is CCc1ccc(N(C)CC(C)(N)C2CC2)cc1. The quantitative estimate of drug-likeness (QED) is 0.846. The number of benzene rings is 1. The molecule has 2 rings (SSSR count). The highest BCUT2D eigenvalue weighted by atomic mass is 15.1. The molecule has 0 aromatic heterocycles. The van der Waals surface area contributed by atoms with Gasteiger partial charge >= 0.3 is 0 Å². The Balaban J connectivity index is 2.00. The second-order valence-corrected chi connectivity index (χ2v) is 5.66. The number of rotatable bonds is 5. The lowest BCUT2D eigenvalue weighted by Crippen LogP contribution is -2.48. The van der Waals surface area contributed by atoms with Gasteiger partial charge in [0.05, 0.1) is 0 Å². The van der Waals surface area contributed by atoms with Crippen molar-refractivity contribution in [3.63, 3.8) is 0 Å². The largest absolute Gasteiger partial charge is 0.373 e. The molecule has 0 saturated heterocycles. The summed E-state index contributed by atoms with van der Waals surface area (Å²) in [7, 11) is 2.13. The Kier molecular flexibility index (Phi) is 3.43. The Morgan fingerprint density at radius 2 is 1.88 bits per heavy atom. The highest BCUT2D eigenvalue weighted by molar-refractivity contribution is 5.47. The predicted octanol–water partition coefficient (Wildman–Crippen LogP) is 2.81. The summed E-state index contributed by atoms with van der Waals surface area (Å²) in [5.41, 5.74) is 8.98. The summed E-state index contributed by atoms with van der Waals surface area (Å²) in [6.45, 7) is 5.30. The lowest BCUT2D eigenvalue weighted by atomic mass is 9.96. The van der Waals surface area contributed by atoms with Gasteiger partial charge in [0.2, 0.25) is 0 Å². The van der Waals surface area contributed by atoms with Crippen molar-refractivity contribution in [3.8, 4) is 0 Å². The normalized spacial score (nSPS) is 18.8. The highest BCUT2D eigenvalue weighted by Crippen LogP contribution is 2.38. The Bertz CT molecular complexity index is 363. The first kappa shape index (κ1) is 12.4. The highest BCUT2D eigenvalue weighted by Gasteiger charge is 2.38. The maximum Gasteiger partial charge on any atom is 0.0364 e. The number of hydrogen-bond acceptors (Lipinski definition) is 2. The molecule has 0 bridgehead atoms. The first-order valence-electron chi connectivity index (χ1n) is 6.62. The van der Waals surface area contributed by atoms with E-state index >= 15 is 0 Å². The van der Waals surface area contributed by atoms with Crippen molar-refractivity contribution in [1.82, 2.24) is 0 Å². The topological polar surface area (TPSA) is 29.3 Å². The van der Waals surface area contributed by atoms with Crippen molar-refractivity contribution < 1.29 is 0 Å². The van der Waals surface area contributed by atoms with E-state index in [0.717, 1.165) is 18.9 Å². The third kappa shape index (κ3) is 3.01. The molecule has 2 N–H and O–H groups in total. The lowest BCUT2D eigenvalue weighted by molar-refractivity contribution is 0.412. The first-order valence-corrected chi connectivity index (χ1v) is 6.62. The number of likely N-dealkylation sites (N-methyl/N-ethyl adjacent to an activating group) is 1. The molecular formula is C15H24N2. The van der Waals surface area contributed by atoms with Crippen molar-refractivity contribution in [3.05, 3.63) is 29.8 Å². The van der Waals surface area contributed by atoms with Crippen LogP contribution < -0.4 is 10.6 Å². The van der Waals surface area contributed by atoms with Crippen molar-refractivity contribution in [2.45, 2.75) is 38.6 Å². The molecule has 0 heterocycles. The minimum absolute atomic E-state index is 0.0435. The summed E-state index contributed by atoms with van der Waals surface area (Å²) < 4.78 is 0. The van der Waals surface area contributed by atoms with Gasteiger partial charge in [0.25, 0.3) is 0 Å². The average Bonchev–Trinajstić information content (AvgIpc) is 3.12. The van der Waals surface area contributed by atoms with Gasteiger partial charge in [-0.1, -0.05) is 19.1 Å². The van der Waals surface area contributed by atoms with Gasteiger partial charge in [0, 0.05) is 24.8 Å². The lowest BCUT2D eigenvalue weighted by Gasteiger charge is -2.31. The number of nitrogens with two attached hydrogens (primary N) is 1. The molecule has 1 aromatic carbocycles. The fourth-order valence-electron chi connectivity index (χ4n) is 2.46. The van der Waals surface area contributed by atoms with Gasteiger partial charge in [-0.05, 0) is 49.8 Å². The number of hydrogen-bond donors (Lipinski definition) is 1. The maximum atomic E-state index is 6.37. The van der Waals surface area contributed by atoms with Gasteiger partial charge in [-0.25, -0.2) is 0 Å². The van der Waals surface area contributed by atoms with E-state index in [1.165, 1.54) is 24.1 Å². The zero-order valence-corrected chi connectivity index (χ0v) is 11.2. The molecule has 17 heavy (non-hydrogen) atoms. The Labute approximate surface area is 105 Å². The third-order valence-corrected chi connectivity index (χ3v) is 3.87. The summed E-state index contributed by atoms with van der Waals surface area (Å²) >= 11 is 0. The molecule has 1 aliphatic carbocycles. The maximum absolute atomic E-state index is 6.37. The second kappa shape index (κ2) is 4.69. The molecule has 1 atom stereocenters. The molecule has 1 saturated carbocycles. The van der Waals surface area contributed by atoms with E-state index in [9.17, 15) is 0 Å². The van der Waals surface area contributed by atoms with Crippen molar-refractivity contribution >= 4 is 5.69 Å². The minimum atomic E-state index is -0.0435. The van der Waals surface area contributed by atoms with Crippen LogP contribution in [0.2, 0.25) is 0 Å². The van der Waals surface area contributed by atoms with Crippen LogP contribution in [0.25, 0.3) is 0 Å². The summed E-state index contributed by atoms with van der Waals surface area (Å²) in [4.78, 5) is 2.28. The van der Waals surface area contributed by atoms with Crippen LogP contribution in [0.15, 0.2) is 24.3 Å². The first-order chi connectivity index (χ1) is 8.03. The summed E-state index contributed by atoms with van der Waals surface area (Å²) in [5.74, 6) is 0.722. The van der Waals surface area contributed by atoms with Gasteiger partial charge in [-0.3, -0.25) is 0 Å². The van der Waals surface area contributed by atoms with Crippen LogP contribution in [0, 0.1) is 5.92 Å². The van der Waals surface area contributed by atoms with Crippen LogP contribution in [0.5, 0.6) is 0 Å². The van der Waals surface area contributed by atoms with E-state index < -0.39 is 0 Å². The molecule has 0 spiro atoms. The van der Waals surface area contributed by atoms with Crippen LogP contribution in [-0.2, 0) is 6.42 Å². The van der Waals surface area contributed by atoms with E-state index in [1.807, 2.05) is 0 Å². The standard InChI is InChI=1S/C15H24N2/c1-4-12-5-9-14(10-6-12)17(3)11-15(2,16)13-7-8-13/h5-6,9-10,13H,4,7-8,11,16H2,1-3H3. The van der Waals surface area contributed by atoms with Crippen LogP contribution in [0.1, 0.15) is 32.3 Å². The molecule has 2 heteroatoms. The van der Waals surface area contributed by atoms with Crippen LogP contribution in [0.4, 0.5) is 5.69 Å². The molecule has 0 amide bonds. The van der Waals surface area contributed by atoms with E-state index in [2.05, 4.69) is 50.1 Å². The molecule has 94 valence electrons. The van der Waals surface area contributed by atoms with E-state index in [4.69, 9.17) is 5.73 Å². The molecule has 1 aliphatic rings. The second-order valence-electron chi connectivity index (χ2n) is 5.66. The fraction of sp³-hybridized carbons (Fsp3) is 0.600. The molecule has 1 unspecified atom stereocenters. The molecule has 2 nitrogen and oxygen atoms in total. The predicted molar refractivity (Wildman–Crippen MR) is 74.4 cm³/mol. The van der Waals surface area contributed by atoms with Crippen molar-refractivity contribution in [2.24, 2.45) is 11.7 Å². The zero-order valence-electron chi connectivity index (χ0n) is 11.2. The van der Waals surface area contributed by atoms with Crippen molar-refractivity contribution in [2.75, 3.05) is 18.5 Å². The fourth-order valence-corrected chi connectivity index (χ4v) is 2.46. The average molecular weight is 232 g/mol. The van der Waals surface area contributed by atoms with Crippen LogP contribution in [0.3, 0.4) is 0 Å². The van der Waals surface area contributed by atoms with Gasteiger partial charge in [0.1, 0.15) is 0 Å². The van der Waals surface area contributed by atoms with Crippen LogP contribution in [-0.4, -0.2) is 19.1 Å². The van der Waals surface area contributed by atoms with Gasteiger partial charge in [-0.15, -0.1) is 0 Å². The minimum Gasteiger partial charge on any atom is -0.373 e. The zero-order chi connectivity index (χ0) is 12.5. The van der Waals surface area contributed by atoms with Gasteiger partial charge in [-0.2, -0.15) is 0 Å². The number of aryl methyl sites for hydroxylation is 1. The number of anilines is 1. The van der Waals surface area contributed by atoms with Crippen molar-refractivity contribution in [1.29, 1.82) is 0 Å². The summed E-state index contributed by atoms with van der Waals surface area (Å²) in [6, 6.07) is 8.80. The summed E-state index contributed by atoms with van der Waals surface area (Å²) in [6.07, 6.45) is 3.70. The Hall–Kier alpha value is -1.02. The Morgan fingerprint density at radius 3 is 2.35 bits per heavy atom. The number of nitrogens with zero attached hydrogens (tertiary/aromatic N) is 1. The monoisotopic (exact) mass is 232 g/mol. The van der Waals surface area contributed by atoms with E-state index in [-0.39, 0.29) is 5.54 Å². The Morgan fingerprint density at radius 1 is 1.29 bits per heavy atom. The molecule has 0 aliphatic heterocycles. The van der Waals surface area contributed by atoms with E-state index in [0.29, 0.717) is 0 Å². The van der Waals surface area contributed by atoms with Gasteiger partial charge < -0.3 is 10.6 Å². The van der Waals surface area contributed by atoms with Crippen LogP contribution >= 0.6 is 0 Å².